The van der Waals surface area contributed by atoms with E-state index in [9.17, 15) is 8.42 Å². The summed E-state index contributed by atoms with van der Waals surface area (Å²) in [6.07, 6.45) is 2.63. The van der Waals surface area contributed by atoms with Gasteiger partial charge in [0.25, 0.3) is 0 Å². The number of sulfone groups is 1. The van der Waals surface area contributed by atoms with E-state index in [0.717, 1.165) is 5.52 Å². The molecule has 0 atom stereocenters. The van der Waals surface area contributed by atoms with E-state index in [4.69, 9.17) is 11.6 Å². The second-order valence-corrected chi connectivity index (χ2v) is 5.48. The average Bonchev–Trinajstić information content (AvgIpc) is 2.47. The minimum atomic E-state index is -3.22. The summed E-state index contributed by atoms with van der Waals surface area (Å²) < 4.78 is 22.8. The van der Waals surface area contributed by atoms with Gasteiger partial charge in [0.1, 0.15) is 0 Å². The Bertz CT molecular complexity index is 586. The van der Waals surface area contributed by atoms with Gasteiger partial charge in [-0.05, 0) is 12.1 Å². The highest BCUT2D eigenvalue weighted by Crippen LogP contribution is 2.29. The molecule has 74 valence electrons. The summed E-state index contributed by atoms with van der Waals surface area (Å²) in [6.45, 7) is 0. The number of halogens is 1. The van der Waals surface area contributed by atoms with Gasteiger partial charge in [-0.1, -0.05) is 17.7 Å². The van der Waals surface area contributed by atoms with Crippen molar-refractivity contribution in [3.05, 3.63) is 29.4 Å². The number of hydrogen-bond acceptors (Lipinski definition) is 2. The normalized spacial score (nSPS) is 12.1. The third kappa shape index (κ3) is 1.40. The first-order valence-electron chi connectivity index (χ1n) is 3.96. The zero-order valence-electron chi connectivity index (χ0n) is 7.41. The van der Waals surface area contributed by atoms with E-state index in [1.54, 1.807) is 18.2 Å². The van der Waals surface area contributed by atoms with Crippen molar-refractivity contribution >= 4 is 32.3 Å². The van der Waals surface area contributed by atoms with Crippen molar-refractivity contribution in [2.45, 2.75) is 4.90 Å². The van der Waals surface area contributed by atoms with Crippen LogP contribution in [0, 0.1) is 0 Å². The number of aromatic nitrogens is 1. The molecule has 0 saturated carbocycles. The molecular formula is C9H8ClNO2S. The molecule has 0 bridgehead atoms. The van der Waals surface area contributed by atoms with E-state index in [1.807, 2.05) is 0 Å². The summed E-state index contributed by atoms with van der Waals surface area (Å²) in [7, 11) is -3.22. The highest BCUT2D eigenvalue weighted by atomic mass is 35.5. The van der Waals surface area contributed by atoms with E-state index >= 15 is 0 Å². The Morgan fingerprint density at radius 3 is 2.71 bits per heavy atom. The number of aromatic amines is 1. The van der Waals surface area contributed by atoms with Crippen LogP contribution in [0.1, 0.15) is 0 Å². The first-order valence-corrected chi connectivity index (χ1v) is 6.23. The minimum Gasteiger partial charge on any atom is -0.360 e. The predicted molar refractivity (Wildman–Crippen MR) is 56.4 cm³/mol. The Kier molecular flexibility index (Phi) is 2.05. The fourth-order valence-electron chi connectivity index (χ4n) is 1.40. The number of H-pyrrole nitrogens is 1. The lowest BCUT2D eigenvalue weighted by Gasteiger charge is -1.97. The van der Waals surface area contributed by atoms with Crippen molar-refractivity contribution in [3.8, 4) is 0 Å². The highest BCUT2D eigenvalue weighted by molar-refractivity contribution is 7.91. The summed E-state index contributed by atoms with van der Waals surface area (Å²) in [5.74, 6) is 0. The van der Waals surface area contributed by atoms with Crippen molar-refractivity contribution in [2.24, 2.45) is 0 Å². The molecular weight excluding hydrogens is 222 g/mol. The molecule has 1 N–H and O–H groups in total. The van der Waals surface area contributed by atoms with E-state index < -0.39 is 9.84 Å². The molecule has 0 aliphatic heterocycles. The largest absolute Gasteiger partial charge is 0.360 e. The molecule has 0 unspecified atom stereocenters. The Labute approximate surface area is 86.6 Å². The maximum atomic E-state index is 11.4. The molecule has 2 rings (SSSR count). The zero-order valence-corrected chi connectivity index (χ0v) is 8.98. The van der Waals surface area contributed by atoms with Crippen molar-refractivity contribution in [3.63, 3.8) is 0 Å². The van der Waals surface area contributed by atoms with Gasteiger partial charge in [0, 0.05) is 23.4 Å². The molecule has 1 aromatic heterocycles. The first-order chi connectivity index (χ1) is 6.50. The maximum Gasteiger partial charge on any atom is 0.177 e. The zero-order chi connectivity index (χ0) is 10.3. The molecule has 0 amide bonds. The van der Waals surface area contributed by atoms with Gasteiger partial charge in [0.15, 0.2) is 9.84 Å². The Morgan fingerprint density at radius 1 is 1.36 bits per heavy atom. The molecule has 0 radical (unpaired) electrons. The number of benzene rings is 1. The third-order valence-electron chi connectivity index (χ3n) is 2.02. The fourth-order valence-corrected chi connectivity index (χ4v) is 2.60. The summed E-state index contributed by atoms with van der Waals surface area (Å²) in [4.78, 5) is 3.12. The Balaban J connectivity index is 2.94. The van der Waals surface area contributed by atoms with Crippen molar-refractivity contribution in [2.75, 3.05) is 6.26 Å². The standard InChI is InChI=1S/C9H8ClNO2S/c1-14(12,13)8-5-11-7-4-2-3-6(10)9(7)8/h2-5,11H,1H3. The minimum absolute atomic E-state index is 0.248. The molecule has 0 spiro atoms. The molecule has 1 aromatic carbocycles. The third-order valence-corrected chi connectivity index (χ3v) is 3.45. The summed E-state index contributed by atoms with van der Waals surface area (Å²) in [5, 5.41) is 1.01. The van der Waals surface area contributed by atoms with Crippen LogP contribution < -0.4 is 0 Å². The Hall–Kier alpha value is -1.00. The number of hydrogen-bond donors (Lipinski definition) is 1. The molecule has 14 heavy (non-hydrogen) atoms. The van der Waals surface area contributed by atoms with E-state index in [0.29, 0.717) is 10.4 Å². The molecule has 0 aliphatic rings. The van der Waals surface area contributed by atoms with Crippen molar-refractivity contribution in [1.82, 2.24) is 4.98 Å². The first kappa shape index (κ1) is 9.55. The molecule has 0 aliphatic carbocycles. The number of nitrogens with one attached hydrogen (secondary N) is 1. The van der Waals surface area contributed by atoms with Crippen LogP contribution in [0.2, 0.25) is 5.02 Å². The van der Waals surface area contributed by atoms with Crippen LogP contribution in [0.15, 0.2) is 29.3 Å². The van der Waals surface area contributed by atoms with Crippen LogP contribution in [0.5, 0.6) is 0 Å². The summed E-state index contributed by atoms with van der Waals surface area (Å²) >= 11 is 5.93. The second-order valence-electron chi connectivity index (χ2n) is 3.09. The lowest BCUT2D eigenvalue weighted by molar-refractivity contribution is 0.602. The van der Waals surface area contributed by atoms with Gasteiger partial charge in [-0.3, -0.25) is 0 Å². The van der Waals surface area contributed by atoms with Gasteiger partial charge < -0.3 is 4.98 Å². The molecule has 0 saturated heterocycles. The van der Waals surface area contributed by atoms with Gasteiger partial charge in [-0.15, -0.1) is 0 Å². The van der Waals surface area contributed by atoms with Crippen LogP contribution in [0.25, 0.3) is 10.9 Å². The second kappa shape index (κ2) is 3.00. The quantitative estimate of drug-likeness (QED) is 0.815. The van der Waals surface area contributed by atoms with E-state index in [2.05, 4.69) is 4.98 Å². The van der Waals surface area contributed by atoms with Crippen LogP contribution in [0.3, 0.4) is 0 Å². The van der Waals surface area contributed by atoms with Crippen LogP contribution >= 0.6 is 11.6 Å². The van der Waals surface area contributed by atoms with Crippen molar-refractivity contribution < 1.29 is 8.42 Å². The SMILES string of the molecule is CS(=O)(=O)c1c[nH]c2cccc(Cl)c12. The Morgan fingerprint density at radius 2 is 2.07 bits per heavy atom. The maximum absolute atomic E-state index is 11.4. The van der Waals surface area contributed by atoms with Gasteiger partial charge in [-0.2, -0.15) is 0 Å². The van der Waals surface area contributed by atoms with Crippen LogP contribution in [-0.4, -0.2) is 19.7 Å². The number of fused-ring (bicyclic) bond motifs is 1. The summed E-state index contributed by atoms with van der Waals surface area (Å²) in [5.41, 5.74) is 0.734. The predicted octanol–water partition coefficient (Wildman–Crippen LogP) is 2.22. The van der Waals surface area contributed by atoms with Crippen LogP contribution in [0.4, 0.5) is 0 Å². The molecule has 2 aromatic rings. The number of rotatable bonds is 1. The topological polar surface area (TPSA) is 49.9 Å². The van der Waals surface area contributed by atoms with Crippen LogP contribution in [-0.2, 0) is 9.84 Å². The molecule has 5 heteroatoms. The van der Waals surface area contributed by atoms with Gasteiger partial charge >= 0.3 is 0 Å². The molecule has 1 heterocycles. The van der Waals surface area contributed by atoms with E-state index in [1.165, 1.54) is 12.5 Å². The van der Waals surface area contributed by atoms with E-state index in [-0.39, 0.29) is 4.90 Å². The smallest absolute Gasteiger partial charge is 0.177 e. The monoisotopic (exact) mass is 229 g/mol. The highest BCUT2D eigenvalue weighted by Gasteiger charge is 2.15. The average molecular weight is 230 g/mol. The molecule has 3 nitrogen and oxygen atoms in total. The van der Waals surface area contributed by atoms with Gasteiger partial charge in [0.2, 0.25) is 0 Å². The van der Waals surface area contributed by atoms with Gasteiger partial charge in [0.05, 0.1) is 9.92 Å². The van der Waals surface area contributed by atoms with Gasteiger partial charge in [-0.25, -0.2) is 8.42 Å². The lowest BCUT2D eigenvalue weighted by atomic mass is 10.2. The van der Waals surface area contributed by atoms with Crippen molar-refractivity contribution in [1.29, 1.82) is 0 Å². The fraction of sp³-hybridized carbons (Fsp3) is 0.111. The summed E-state index contributed by atoms with van der Waals surface area (Å²) in [6, 6.07) is 5.23. The molecule has 0 fully saturated rings. The lowest BCUT2D eigenvalue weighted by Crippen LogP contribution is -1.95.